The van der Waals surface area contributed by atoms with Crippen molar-refractivity contribution >= 4 is 28.3 Å². The summed E-state index contributed by atoms with van der Waals surface area (Å²) in [5.41, 5.74) is 3.52. The fourth-order valence-corrected chi connectivity index (χ4v) is 3.17. The minimum atomic E-state index is -0.256. The first-order valence-electron chi connectivity index (χ1n) is 8.52. The van der Waals surface area contributed by atoms with Gasteiger partial charge in [-0.3, -0.25) is 9.48 Å². The zero-order valence-corrected chi connectivity index (χ0v) is 14.4. The highest BCUT2D eigenvalue weighted by Gasteiger charge is 2.21. The standard InChI is InChI=1S/C19H18N6O/c1-3-8-20-19(26)15-12-22-25-9-7-16(23-18(15)25)13-5-6-17-14(10-13)11-21-24(17)4-2/h1,5-6,10-12H,4,7-9H2,2H3,(H,20,26). The molecule has 4 rings (SSSR count). The molecule has 1 aromatic carbocycles. The molecule has 1 aliphatic heterocycles. The van der Waals surface area contributed by atoms with Gasteiger partial charge >= 0.3 is 0 Å². The molecule has 130 valence electrons. The molecule has 7 nitrogen and oxygen atoms in total. The van der Waals surface area contributed by atoms with E-state index >= 15 is 0 Å². The largest absolute Gasteiger partial charge is 0.341 e. The topological polar surface area (TPSA) is 77.1 Å². The van der Waals surface area contributed by atoms with Gasteiger partial charge < -0.3 is 5.32 Å². The Hall–Kier alpha value is -3.40. The molecule has 0 bridgehead atoms. The lowest BCUT2D eigenvalue weighted by atomic mass is 10.0. The smallest absolute Gasteiger partial charge is 0.257 e. The maximum Gasteiger partial charge on any atom is 0.257 e. The van der Waals surface area contributed by atoms with E-state index in [2.05, 4.69) is 46.6 Å². The van der Waals surface area contributed by atoms with E-state index in [4.69, 9.17) is 11.4 Å². The van der Waals surface area contributed by atoms with Crippen LogP contribution >= 0.6 is 0 Å². The molecule has 0 radical (unpaired) electrons. The van der Waals surface area contributed by atoms with Gasteiger partial charge in [0, 0.05) is 24.9 Å². The Morgan fingerprint density at radius 1 is 1.35 bits per heavy atom. The molecule has 1 N–H and O–H groups in total. The van der Waals surface area contributed by atoms with Gasteiger partial charge in [-0.1, -0.05) is 12.0 Å². The van der Waals surface area contributed by atoms with Gasteiger partial charge in [-0.25, -0.2) is 9.67 Å². The zero-order valence-electron chi connectivity index (χ0n) is 14.4. The Kier molecular flexibility index (Phi) is 4.01. The number of fused-ring (bicyclic) bond motifs is 2. The monoisotopic (exact) mass is 346 g/mol. The fourth-order valence-electron chi connectivity index (χ4n) is 3.17. The van der Waals surface area contributed by atoms with Gasteiger partial charge in [0.25, 0.3) is 5.91 Å². The van der Waals surface area contributed by atoms with Crippen molar-refractivity contribution in [3.63, 3.8) is 0 Å². The van der Waals surface area contributed by atoms with Gasteiger partial charge in [0.1, 0.15) is 5.56 Å². The molecule has 0 saturated carbocycles. The molecule has 0 fully saturated rings. The Labute approximate surface area is 150 Å². The molecule has 3 aromatic rings. The molecule has 0 saturated heterocycles. The highest BCUT2D eigenvalue weighted by atomic mass is 16.1. The van der Waals surface area contributed by atoms with Gasteiger partial charge in [0.2, 0.25) is 0 Å². The number of aromatic nitrogens is 4. The normalized spacial score (nSPS) is 13.2. The zero-order chi connectivity index (χ0) is 18.1. The molecule has 1 amide bonds. The summed E-state index contributed by atoms with van der Waals surface area (Å²) in [7, 11) is 0. The number of carbonyl (C=O) groups is 1. The van der Waals surface area contributed by atoms with Gasteiger partial charge in [-0.2, -0.15) is 10.2 Å². The second-order valence-corrected chi connectivity index (χ2v) is 6.03. The molecular weight excluding hydrogens is 328 g/mol. The first kappa shape index (κ1) is 16.1. The predicted octanol–water partition coefficient (Wildman–Crippen LogP) is 2.14. The van der Waals surface area contributed by atoms with Crippen molar-refractivity contribution < 1.29 is 4.79 Å². The van der Waals surface area contributed by atoms with E-state index in [0.717, 1.165) is 35.1 Å². The average Bonchev–Trinajstić information content (AvgIpc) is 3.28. The van der Waals surface area contributed by atoms with Crippen LogP contribution in [0.5, 0.6) is 0 Å². The number of terminal acetylenes is 1. The van der Waals surface area contributed by atoms with E-state index in [1.165, 1.54) is 0 Å². The molecule has 3 heterocycles. The summed E-state index contributed by atoms with van der Waals surface area (Å²) in [5, 5.41) is 12.4. The third kappa shape index (κ3) is 2.65. The summed E-state index contributed by atoms with van der Waals surface area (Å²) in [6.45, 7) is 3.76. The maximum atomic E-state index is 12.3. The van der Waals surface area contributed by atoms with Crippen LogP contribution in [0, 0.1) is 12.3 Å². The van der Waals surface area contributed by atoms with Crippen molar-refractivity contribution in [2.45, 2.75) is 26.4 Å². The number of nitrogens with zero attached hydrogens (tertiary/aromatic N) is 5. The lowest BCUT2D eigenvalue weighted by Crippen LogP contribution is -2.23. The van der Waals surface area contributed by atoms with Crippen LogP contribution in [0.15, 0.2) is 35.6 Å². The van der Waals surface area contributed by atoms with E-state index in [9.17, 15) is 4.79 Å². The quantitative estimate of drug-likeness (QED) is 0.735. The fraction of sp³-hybridized carbons (Fsp3) is 0.263. The van der Waals surface area contributed by atoms with Crippen molar-refractivity contribution in [1.29, 1.82) is 0 Å². The molecule has 2 aromatic heterocycles. The van der Waals surface area contributed by atoms with Crippen LogP contribution in [0.1, 0.15) is 29.3 Å². The van der Waals surface area contributed by atoms with Crippen molar-refractivity contribution in [3.8, 4) is 12.3 Å². The minimum absolute atomic E-state index is 0.179. The Morgan fingerprint density at radius 2 is 2.23 bits per heavy atom. The number of aliphatic imine (C=N–C) groups is 1. The first-order valence-corrected chi connectivity index (χ1v) is 8.52. The van der Waals surface area contributed by atoms with Crippen molar-refractivity contribution in [2.24, 2.45) is 4.99 Å². The van der Waals surface area contributed by atoms with Crippen LogP contribution in [0.3, 0.4) is 0 Å². The Morgan fingerprint density at radius 3 is 3.04 bits per heavy atom. The van der Waals surface area contributed by atoms with E-state index in [0.29, 0.717) is 17.9 Å². The van der Waals surface area contributed by atoms with Gasteiger partial charge in [-0.05, 0) is 24.6 Å². The Bertz CT molecular complexity index is 1070. The Balaban J connectivity index is 1.71. The number of hydrogen-bond acceptors (Lipinski definition) is 4. The summed E-state index contributed by atoms with van der Waals surface area (Å²) in [6, 6.07) is 6.21. The highest BCUT2D eigenvalue weighted by Crippen LogP contribution is 2.27. The summed E-state index contributed by atoms with van der Waals surface area (Å²) in [6.07, 6.45) is 9.37. The lowest BCUT2D eigenvalue weighted by Gasteiger charge is -2.15. The third-order valence-corrected chi connectivity index (χ3v) is 4.48. The second kappa shape index (κ2) is 6.48. The predicted molar refractivity (Wildman–Crippen MR) is 99.6 cm³/mol. The lowest BCUT2D eigenvalue weighted by molar-refractivity contribution is 0.0959. The van der Waals surface area contributed by atoms with Gasteiger partial charge in [0.05, 0.1) is 30.2 Å². The molecular formula is C19H18N6O. The first-order chi connectivity index (χ1) is 12.7. The summed E-state index contributed by atoms with van der Waals surface area (Å²) in [5.74, 6) is 2.71. The minimum Gasteiger partial charge on any atom is -0.341 e. The van der Waals surface area contributed by atoms with Crippen LogP contribution in [-0.4, -0.2) is 37.7 Å². The van der Waals surface area contributed by atoms with Crippen LogP contribution < -0.4 is 5.32 Å². The molecule has 26 heavy (non-hydrogen) atoms. The van der Waals surface area contributed by atoms with Gasteiger partial charge in [-0.15, -0.1) is 6.42 Å². The van der Waals surface area contributed by atoms with Crippen LogP contribution in [0.25, 0.3) is 10.9 Å². The van der Waals surface area contributed by atoms with Crippen LogP contribution in [-0.2, 0) is 13.1 Å². The number of carbonyl (C=O) groups excluding carboxylic acids is 1. The van der Waals surface area contributed by atoms with Gasteiger partial charge in [0.15, 0.2) is 5.82 Å². The number of aryl methyl sites for hydroxylation is 2. The number of benzene rings is 1. The van der Waals surface area contributed by atoms with E-state index < -0.39 is 0 Å². The third-order valence-electron chi connectivity index (χ3n) is 4.48. The molecule has 0 spiro atoms. The SMILES string of the molecule is C#CCNC(=O)c1cnn2c1N=C(c1ccc3c(cnn3CC)c1)CC2. The van der Waals surface area contributed by atoms with E-state index in [1.54, 1.807) is 10.9 Å². The number of nitrogens with one attached hydrogen (secondary N) is 1. The van der Waals surface area contributed by atoms with Crippen LogP contribution in [0.2, 0.25) is 0 Å². The molecule has 0 aliphatic carbocycles. The number of rotatable bonds is 4. The molecule has 0 atom stereocenters. The molecule has 0 unspecified atom stereocenters. The van der Waals surface area contributed by atoms with Crippen molar-refractivity contribution in [1.82, 2.24) is 24.9 Å². The van der Waals surface area contributed by atoms with E-state index in [-0.39, 0.29) is 12.5 Å². The summed E-state index contributed by atoms with van der Waals surface area (Å²) >= 11 is 0. The van der Waals surface area contributed by atoms with Crippen molar-refractivity contribution in [2.75, 3.05) is 6.54 Å². The summed E-state index contributed by atoms with van der Waals surface area (Å²) in [4.78, 5) is 17.0. The van der Waals surface area contributed by atoms with Crippen molar-refractivity contribution in [3.05, 3.63) is 41.7 Å². The average molecular weight is 346 g/mol. The number of amides is 1. The number of hydrogen-bond donors (Lipinski definition) is 1. The summed E-state index contributed by atoms with van der Waals surface area (Å²) < 4.78 is 3.71. The van der Waals surface area contributed by atoms with E-state index in [1.807, 2.05) is 10.9 Å². The van der Waals surface area contributed by atoms with Crippen LogP contribution in [0.4, 0.5) is 5.82 Å². The maximum absolute atomic E-state index is 12.3. The highest BCUT2D eigenvalue weighted by molar-refractivity contribution is 6.06. The second-order valence-electron chi connectivity index (χ2n) is 6.03. The molecule has 7 heteroatoms. The molecule has 1 aliphatic rings.